The van der Waals surface area contributed by atoms with E-state index in [1.807, 2.05) is 52.2 Å². The van der Waals surface area contributed by atoms with Crippen molar-refractivity contribution in [2.45, 2.75) is 38.3 Å². The molecule has 5 nitrogen and oxygen atoms in total. The summed E-state index contributed by atoms with van der Waals surface area (Å²) in [4.78, 5) is 14.5. The number of benzene rings is 1. The van der Waals surface area contributed by atoms with Crippen LogP contribution in [0.25, 0.3) is 0 Å². The van der Waals surface area contributed by atoms with Gasteiger partial charge in [-0.05, 0) is 37.5 Å². The van der Waals surface area contributed by atoms with Crippen molar-refractivity contribution in [2.75, 3.05) is 13.2 Å². The lowest BCUT2D eigenvalue weighted by molar-refractivity contribution is -0.132. The molecule has 0 radical (unpaired) electrons. The van der Waals surface area contributed by atoms with E-state index >= 15 is 0 Å². The van der Waals surface area contributed by atoms with Gasteiger partial charge in [-0.3, -0.25) is 9.48 Å². The van der Waals surface area contributed by atoms with Crippen LogP contribution >= 0.6 is 0 Å². The number of rotatable bonds is 7. The number of hydrogen-bond acceptors (Lipinski definition) is 3. The Morgan fingerprint density at radius 2 is 2.13 bits per heavy atom. The number of hydrogen-bond donors (Lipinski definition) is 0. The van der Waals surface area contributed by atoms with Gasteiger partial charge in [0.25, 0.3) is 0 Å². The van der Waals surface area contributed by atoms with Crippen molar-refractivity contribution in [1.29, 1.82) is 0 Å². The van der Waals surface area contributed by atoms with Gasteiger partial charge in [-0.25, -0.2) is 0 Å². The summed E-state index contributed by atoms with van der Waals surface area (Å²) in [5.74, 6) is 1.09. The second kappa shape index (κ2) is 7.81. The largest absolute Gasteiger partial charge is 0.494 e. The van der Waals surface area contributed by atoms with E-state index in [4.69, 9.17) is 4.74 Å². The average molecular weight is 313 g/mol. The molecule has 0 N–H and O–H groups in total. The number of aromatic nitrogens is 2. The molecule has 0 aliphatic carbocycles. The lowest BCUT2D eigenvalue weighted by atomic mass is 10.2. The first kappa shape index (κ1) is 15.6. The fraction of sp³-hybridized carbons (Fsp3) is 0.444. The number of amides is 1. The van der Waals surface area contributed by atoms with Gasteiger partial charge in [-0.15, -0.1) is 0 Å². The molecule has 1 saturated heterocycles. The van der Waals surface area contributed by atoms with Gasteiger partial charge >= 0.3 is 0 Å². The predicted octanol–water partition coefficient (Wildman–Crippen LogP) is 2.73. The molecule has 23 heavy (non-hydrogen) atoms. The third-order valence-electron chi connectivity index (χ3n) is 4.20. The fourth-order valence-corrected chi connectivity index (χ4v) is 3.05. The van der Waals surface area contributed by atoms with Crippen molar-refractivity contribution in [2.24, 2.45) is 0 Å². The number of para-hydroxylation sites is 1. The minimum atomic E-state index is 0.233. The summed E-state index contributed by atoms with van der Waals surface area (Å²) in [5, 5.41) is 4.24. The molecule has 3 rings (SSSR count). The highest BCUT2D eigenvalue weighted by Gasteiger charge is 2.28. The van der Waals surface area contributed by atoms with Gasteiger partial charge in [0.15, 0.2) is 0 Å². The SMILES string of the molecule is O=C(CCCOc1ccccc1)N1CCC[C@H]1Cn1cccn1. The molecular formula is C18H23N3O2. The van der Waals surface area contributed by atoms with Crippen LogP contribution in [0.3, 0.4) is 0 Å². The molecule has 0 unspecified atom stereocenters. The van der Waals surface area contributed by atoms with Crippen molar-refractivity contribution in [3.05, 3.63) is 48.8 Å². The number of likely N-dealkylation sites (tertiary alicyclic amines) is 1. The molecule has 1 aliphatic heterocycles. The maximum Gasteiger partial charge on any atom is 0.223 e. The molecule has 1 aromatic carbocycles. The molecule has 1 aromatic heterocycles. The number of carbonyl (C=O) groups is 1. The summed E-state index contributed by atoms with van der Waals surface area (Å²) in [6, 6.07) is 11.9. The molecule has 0 saturated carbocycles. The summed E-state index contributed by atoms with van der Waals surface area (Å²) in [5.41, 5.74) is 0. The molecule has 122 valence electrons. The second-order valence-electron chi connectivity index (χ2n) is 5.88. The van der Waals surface area contributed by atoms with E-state index in [1.165, 1.54) is 0 Å². The molecule has 1 atom stereocenters. The van der Waals surface area contributed by atoms with E-state index < -0.39 is 0 Å². The van der Waals surface area contributed by atoms with E-state index in [-0.39, 0.29) is 11.9 Å². The van der Waals surface area contributed by atoms with Crippen LogP contribution in [0, 0.1) is 0 Å². The Bertz CT molecular complexity index is 598. The van der Waals surface area contributed by atoms with Gasteiger partial charge in [0.1, 0.15) is 5.75 Å². The second-order valence-corrected chi connectivity index (χ2v) is 5.88. The molecular weight excluding hydrogens is 290 g/mol. The third-order valence-corrected chi connectivity index (χ3v) is 4.20. The average Bonchev–Trinajstić information content (AvgIpc) is 3.25. The van der Waals surface area contributed by atoms with Gasteiger partial charge in [-0.1, -0.05) is 18.2 Å². The minimum absolute atomic E-state index is 0.233. The molecule has 5 heteroatoms. The van der Waals surface area contributed by atoms with Crippen LogP contribution in [0.2, 0.25) is 0 Å². The molecule has 2 aromatic rings. The normalized spacial score (nSPS) is 17.4. The lowest BCUT2D eigenvalue weighted by Crippen LogP contribution is -2.38. The predicted molar refractivity (Wildman–Crippen MR) is 88.1 cm³/mol. The number of carbonyl (C=O) groups excluding carboxylic acids is 1. The summed E-state index contributed by atoms with van der Waals surface area (Å²) in [6.07, 6.45) is 7.17. The Balaban J connectivity index is 1.42. The van der Waals surface area contributed by atoms with Crippen molar-refractivity contribution < 1.29 is 9.53 Å². The molecule has 1 amide bonds. The van der Waals surface area contributed by atoms with Gasteiger partial charge in [-0.2, -0.15) is 5.10 Å². The van der Waals surface area contributed by atoms with Crippen LogP contribution < -0.4 is 4.74 Å². The van der Waals surface area contributed by atoms with E-state index in [1.54, 1.807) is 6.20 Å². The highest BCUT2D eigenvalue weighted by molar-refractivity contribution is 5.76. The van der Waals surface area contributed by atoms with E-state index in [0.29, 0.717) is 13.0 Å². The van der Waals surface area contributed by atoms with Crippen LogP contribution in [0.1, 0.15) is 25.7 Å². The molecule has 0 spiro atoms. The van der Waals surface area contributed by atoms with Crippen LogP contribution in [0.4, 0.5) is 0 Å². The van der Waals surface area contributed by atoms with Gasteiger partial charge < -0.3 is 9.64 Å². The Morgan fingerprint density at radius 3 is 2.91 bits per heavy atom. The van der Waals surface area contributed by atoms with Crippen LogP contribution in [-0.4, -0.2) is 39.8 Å². The highest BCUT2D eigenvalue weighted by atomic mass is 16.5. The lowest BCUT2D eigenvalue weighted by Gasteiger charge is -2.24. The van der Waals surface area contributed by atoms with Crippen LogP contribution in [0.5, 0.6) is 5.75 Å². The first-order chi connectivity index (χ1) is 11.3. The topological polar surface area (TPSA) is 47.4 Å². The first-order valence-corrected chi connectivity index (χ1v) is 8.27. The van der Waals surface area contributed by atoms with Crippen molar-refractivity contribution in [3.63, 3.8) is 0 Å². The smallest absolute Gasteiger partial charge is 0.223 e. The standard InChI is InChI=1S/C18H23N3O2/c22-18(10-5-14-23-17-8-2-1-3-9-17)21-13-4-7-16(21)15-20-12-6-11-19-20/h1-3,6,8-9,11-12,16H,4-5,7,10,13-15H2/t16-/m0/s1. The van der Waals surface area contributed by atoms with Gasteiger partial charge in [0, 0.05) is 25.4 Å². The minimum Gasteiger partial charge on any atom is -0.494 e. The maximum atomic E-state index is 12.4. The Morgan fingerprint density at radius 1 is 1.26 bits per heavy atom. The van der Waals surface area contributed by atoms with E-state index in [2.05, 4.69) is 5.10 Å². The van der Waals surface area contributed by atoms with E-state index in [0.717, 1.165) is 38.1 Å². The molecule has 1 fully saturated rings. The quantitative estimate of drug-likeness (QED) is 0.739. The maximum absolute atomic E-state index is 12.4. The Kier molecular flexibility index (Phi) is 5.29. The number of nitrogens with zero attached hydrogens (tertiary/aromatic N) is 3. The third kappa shape index (κ3) is 4.34. The van der Waals surface area contributed by atoms with Crippen molar-refractivity contribution >= 4 is 5.91 Å². The fourth-order valence-electron chi connectivity index (χ4n) is 3.05. The summed E-state index contributed by atoms with van der Waals surface area (Å²) in [6.45, 7) is 2.23. The molecule has 0 bridgehead atoms. The Labute approximate surface area is 136 Å². The van der Waals surface area contributed by atoms with Gasteiger partial charge in [0.2, 0.25) is 5.91 Å². The van der Waals surface area contributed by atoms with Crippen LogP contribution in [0.15, 0.2) is 48.8 Å². The van der Waals surface area contributed by atoms with E-state index in [9.17, 15) is 4.79 Å². The molecule has 2 heterocycles. The zero-order chi connectivity index (χ0) is 15.9. The summed E-state index contributed by atoms with van der Waals surface area (Å²) < 4.78 is 7.56. The number of ether oxygens (including phenoxy) is 1. The Hall–Kier alpha value is -2.30. The molecule has 1 aliphatic rings. The van der Waals surface area contributed by atoms with Crippen LogP contribution in [-0.2, 0) is 11.3 Å². The van der Waals surface area contributed by atoms with Crippen molar-refractivity contribution in [3.8, 4) is 5.75 Å². The highest BCUT2D eigenvalue weighted by Crippen LogP contribution is 2.20. The zero-order valence-corrected chi connectivity index (χ0v) is 13.3. The summed E-state index contributed by atoms with van der Waals surface area (Å²) >= 11 is 0. The summed E-state index contributed by atoms with van der Waals surface area (Å²) in [7, 11) is 0. The zero-order valence-electron chi connectivity index (χ0n) is 13.3. The van der Waals surface area contributed by atoms with Gasteiger partial charge in [0.05, 0.1) is 19.2 Å². The monoisotopic (exact) mass is 313 g/mol. The first-order valence-electron chi connectivity index (χ1n) is 8.27. The van der Waals surface area contributed by atoms with Crippen molar-refractivity contribution in [1.82, 2.24) is 14.7 Å².